The van der Waals surface area contributed by atoms with Crippen molar-refractivity contribution in [3.63, 3.8) is 0 Å². The van der Waals surface area contributed by atoms with E-state index in [1.807, 2.05) is 60.7 Å². The topological polar surface area (TPSA) is 60.0 Å². The van der Waals surface area contributed by atoms with Gasteiger partial charge in [-0.3, -0.25) is 0 Å². The maximum Gasteiger partial charge on any atom is 0.137 e. The van der Waals surface area contributed by atoms with E-state index in [-0.39, 0.29) is 5.57 Å². The number of hydrogen-bond acceptors (Lipinski definition) is 5. The highest BCUT2D eigenvalue weighted by atomic mass is 32.2. The number of nitriles is 2. The van der Waals surface area contributed by atoms with Gasteiger partial charge in [0.15, 0.2) is 0 Å². The van der Waals surface area contributed by atoms with E-state index in [1.165, 1.54) is 5.56 Å². The van der Waals surface area contributed by atoms with E-state index >= 15 is 0 Å². The Morgan fingerprint density at radius 1 is 1.14 bits per heavy atom. The first-order chi connectivity index (χ1) is 14.1. The molecule has 144 valence electrons. The van der Waals surface area contributed by atoms with Gasteiger partial charge < -0.3 is 9.64 Å². The molecule has 5 heteroatoms. The molecule has 1 saturated heterocycles. The van der Waals surface area contributed by atoms with Crippen LogP contribution in [0.4, 0.5) is 0 Å². The average Bonchev–Trinajstić information content (AvgIpc) is 3.12. The molecule has 0 amide bonds. The number of methoxy groups -OCH3 is 1. The van der Waals surface area contributed by atoms with E-state index in [0.29, 0.717) is 5.57 Å². The van der Waals surface area contributed by atoms with E-state index in [4.69, 9.17) is 4.74 Å². The van der Waals surface area contributed by atoms with E-state index in [0.717, 1.165) is 40.8 Å². The monoisotopic (exact) mass is 399 g/mol. The molecule has 0 atom stereocenters. The van der Waals surface area contributed by atoms with E-state index in [1.54, 1.807) is 18.9 Å². The lowest BCUT2D eigenvalue weighted by Gasteiger charge is -2.19. The van der Waals surface area contributed by atoms with Crippen molar-refractivity contribution in [1.82, 2.24) is 4.90 Å². The molecule has 2 aromatic carbocycles. The highest BCUT2D eigenvalue weighted by Crippen LogP contribution is 2.38. The van der Waals surface area contributed by atoms with Crippen molar-refractivity contribution in [2.45, 2.75) is 6.42 Å². The van der Waals surface area contributed by atoms with Crippen LogP contribution in [-0.2, 0) is 6.42 Å². The Labute approximate surface area is 176 Å². The molecule has 0 saturated carbocycles. The predicted octanol–water partition coefficient (Wildman–Crippen LogP) is 5.14. The fraction of sp³-hybridized carbons (Fsp3) is 0.167. The van der Waals surface area contributed by atoms with Crippen LogP contribution in [0.5, 0.6) is 5.75 Å². The molecule has 2 aromatic rings. The molecule has 1 heterocycles. The zero-order valence-electron chi connectivity index (χ0n) is 16.3. The molecule has 1 fully saturated rings. The second-order valence-electron chi connectivity index (χ2n) is 6.52. The van der Waals surface area contributed by atoms with Gasteiger partial charge in [-0.25, -0.2) is 0 Å². The Kier molecular flexibility index (Phi) is 6.79. The van der Waals surface area contributed by atoms with Gasteiger partial charge in [-0.2, -0.15) is 10.5 Å². The zero-order valence-corrected chi connectivity index (χ0v) is 17.1. The van der Waals surface area contributed by atoms with Crippen LogP contribution in [0, 0.1) is 22.7 Å². The molecule has 0 radical (unpaired) electrons. The van der Waals surface area contributed by atoms with Crippen molar-refractivity contribution in [3.05, 3.63) is 93.9 Å². The molecule has 1 aliphatic heterocycles. The SMILES string of the molecule is C=C1CN(CCc2ccccc2)/C(=C/C(=C(C#N)C#N)c2ccc(OC)cc2)S1. The Morgan fingerprint density at radius 2 is 1.83 bits per heavy atom. The average molecular weight is 400 g/mol. The van der Waals surface area contributed by atoms with Gasteiger partial charge in [-0.05, 0) is 35.8 Å². The third-order valence-corrected chi connectivity index (χ3v) is 5.61. The number of allylic oxidation sites excluding steroid dienone is 3. The van der Waals surface area contributed by atoms with Gasteiger partial charge in [0.1, 0.15) is 23.5 Å². The molecule has 0 aromatic heterocycles. The molecule has 0 unspecified atom stereocenters. The quantitative estimate of drug-likeness (QED) is 0.629. The minimum absolute atomic E-state index is 0.0868. The third-order valence-electron chi connectivity index (χ3n) is 4.60. The Morgan fingerprint density at radius 3 is 2.45 bits per heavy atom. The minimum Gasteiger partial charge on any atom is -0.497 e. The first-order valence-electron chi connectivity index (χ1n) is 9.19. The molecular weight excluding hydrogens is 378 g/mol. The highest BCUT2D eigenvalue weighted by Gasteiger charge is 2.22. The van der Waals surface area contributed by atoms with E-state index in [2.05, 4.69) is 23.6 Å². The lowest BCUT2D eigenvalue weighted by molar-refractivity contribution is 0.415. The fourth-order valence-corrected chi connectivity index (χ4v) is 4.07. The lowest BCUT2D eigenvalue weighted by Crippen LogP contribution is -2.21. The van der Waals surface area contributed by atoms with Crippen molar-refractivity contribution in [1.29, 1.82) is 10.5 Å². The number of thioether (sulfide) groups is 1. The van der Waals surface area contributed by atoms with Crippen LogP contribution in [0.25, 0.3) is 5.57 Å². The number of ether oxygens (including phenoxy) is 1. The Bertz CT molecular complexity index is 1010. The van der Waals surface area contributed by atoms with Crippen LogP contribution in [0.15, 0.2) is 82.8 Å². The van der Waals surface area contributed by atoms with Crippen LogP contribution in [0.2, 0.25) is 0 Å². The molecule has 0 bridgehead atoms. The molecule has 0 aliphatic carbocycles. The van der Waals surface area contributed by atoms with Crippen LogP contribution in [0.1, 0.15) is 11.1 Å². The minimum atomic E-state index is 0.0868. The normalized spacial score (nSPS) is 14.4. The van der Waals surface area contributed by atoms with Gasteiger partial charge in [0.2, 0.25) is 0 Å². The molecule has 3 rings (SSSR count). The maximum atomic E-state index is 9.48. The summed E-state index contributed by atoms with van der Waals surface area (Å²) in [7, 11) is 1.61. The summed E-state index contributed by atoms with van der Waals surface area (Å²) in [5.74, 6) is 0.726. The first kappa shape index (κ1) is 20.3. The number of benzene rings is 2. The summed E-state index contributed by atoms with van der Waals surface area (Å²) in [4.78, 5) is 3.30. The summed E-state index contributed by atoms with van der Waals surface area (Å²) >= 11 is 1.59. The van der Waals surface area contributed by atoms with Crippen LogP contribution >= 0.6 is 11.8 Å². The maximum absolute atomic E-state index is 9.48. The predicted molar refractivity (Wildman–Crippen MR) is 118 cm³/mol. The summed E-state index contributed by atoms with van der Waals surface area (Å²) in [5, 5.41) is 20.0. The molecule has 4 nitrogen and oxygen atoms in total. The van der Waals surface area contributed by atoms with Crippen molar-refractivity contribution in [3.8, 4) is 17.9 Å². The zero-order chi connectivity index (χ0) is 20.6. The van der Waals surface area contributed by atoms with Crippen molar-refractivity contribution < 1.29 is 4.74 Å². The summed E-state index contributed by atoms with van der Waals surface area (Å²) in [5.41, 5.74) is 2.77. The van der Waals surface area contributed by atoms with Gasteiger partial charge in [0.05, 0.1) is 12.1 Å². The summed E-state index contributed by atoms with van der Waals surface area (Å²) in [6.45, 7) is 5.71. The van der Waals surface area contributed by atoms with E-state index in [9.17, 15) is 10.5 Å². The largest absolute Gasteiger partial charge is 0.497 e. The molecule has 0 spiro atoms. The number of nitrogens with zero attached hydrogens (tertiary/aromatic N) is 3. The fourth-order valence-electron chi connectivity index (χ4n) is 3.09. The third kappa shape index (κ3) is 5.10. The summed E-state index contributed by atoms with van der Waals surface area (Å²) in [6.07, 6.45) is 2.84. The van der Waals surface area contributed by atoms with Crippen molar-refractivity contribution in [2.24, 2.45) is 0 Å². The second-order valence-corrected chi connectivity index (χ2v) is 7.72. The molecule has 29 heavy (non-hydrogen) atoms. The van der Waals surface area contributed by atoms with Crippen LogP contribution in [0.3, 0.4) is 0 Å². The molecular formula is C24H21N3OS. The number of rotatable bonds is 6. The summed E-state index contributed by atoms with van der Waals surface area (Å²) in [6, 6.07) is 21.8. The molecule has 1 aliphatic rings. The first-order valence-corrected chi connectivity index (χ1v) is 10.0. The van der Waals surface area contributed by atoms with Crippen LogP contribution in [-0.4, -0.2) is 25.1 Å². The lowest BCUT2D eigenvalue weighted by atomic mass is 10.0. The standard InChI is InChI=1S/C24H21N3OS/c1-18-17-27(13-12-19-6-4-3-5-7-19)24(29-18)14-23(21(15-25)16-26)20-8-10-22(28-2)11-9-20/h3-11,14H,1,12-13,17H2,2H3/b24-14-. The van der Waals surface area contributed by atoms with Gasteiger partial charge >= 0.3 is 0 Å². The van der Waals surface area contributed by atoms with Crippen LogP contribution < -0.4 is 4.74 Å². The van der Waals surface area contributed by atoms with Crippen molar-refractivity contribution >= 4 is 17.3 Å². The van der Waals surface area contributed by atoms with Gasteiger partial charge in [0, 0.05) is 23.6 Å². The van der Waals surface area contributed by atoms with Gasteiger partial charge in [-0.15, -0.1) is 0 Å². The highest BCUT2D eigenvalue weighted by molar-refractivity contribution is 8.07. The Balaban J connectivity index is 1.92. The van der Waals surface area contributed by atoms with Gasteiger partial charge in [-0.1, -0.05) is 60.8 Å². The van der Waals surface area contributed by atoms with E-state index < -0.39 is 0 Å². The smallest absolute Gasteiger partial charge is 0.137 e. The molecule has 0 N–H and O–H groups in total. The Hall–Kier alpha value is -3.41. The second kappa shape index (κ2) is 9.68. The number of hydrogen-bond donors (Lipinski definition) is 0. The summed E-state index contributed by atoms with van der Waals surface area (Å²) < 4.78 is 5.22. The van der Waals surface area contributed by atoms with Crippen molar-refractivity contribution in [2.75, 3.05) is 20.2 Å². The van der Waals surface area contributed by atoms with Gasteiger partial charge in [0.25, 0.3) is 0 Å².